The standard InChI is InChI=1S/C16H26N2O2/c1-3-16(20,4-2)13-17-9-11-18(12-10-17)14-5-7-15(19)8-6-14/h5-8,19-20H,3-4,9-13H2,1-2H3. The summed E-state index contributed by atoms with van der Waals surface area (Å²) in [6, 6.07) is 7.38. The average Bonchev–Trinajstić information content (AvgIpc) is 2.49. The Bertz CT molecular complexity index is 407. The summed E-state index contributed by atoms with van der Waals surface area (Å²) in [6.07, 6.45) is 1.61. The van der Waals surface area contributed by atoms with Crippen LogP contribution in [0.4, 0.5) is 5.69 Å². The zero-order valence-corrected chi connectivity index (χ0v) is 12.5. The van der Waals surface area contributed by atoms with Crippen LogP contribution < -0.4 is 4.90 Å². The van der Waals surface area contributed by atoms with Gasteiger partial charge in [-0.25, -0.2) is 0 Å². The van der Waals surface area contributed by atoms with E-state index < -0.39 is 5.60 Å². The molecule has 112 valence electrons. The number of phenols is 1. The highest BCUT2D eigenvalue weighted by molar-refractivity contribution is 5.49. The summed E-state index contributed by atoms with van der Waals surface area (Å²) in [5, 5.41) is 19.7. The topological polar surface area (TPSA) is 46.9 Å². The summed E-state index contributed by atoms with van der Waals surface area (Å²) in [6.45, 7) is 8.75. The largest absolute Gasteiger partial charge is 0.508 e. The van der Waals surface area contributed by atoms with Gasteiger partial charge in [-0.1, -0.05) is 13.8 Å². The van der Waals surface area contributed by atoms with Crippen molar-refractivity contribution in [2.45, 2.75) is 32.3 Å². The first-order valence-electron chi connectivity index (χ1n) is 7.55. The van der Waals surface area contributed by atoms with Crippen LogP contribution in [-0.4, -0.2) is 53.4 Å². The van der Waals surface area contributed by atoms with Crippen LogP contribution in [0.5, 0.6) is 5.75 Å². The Morgan fingerprint density at radius 1 is 1.00 bits per heavy atom. The Balaban J connectivity index is 1.87. The lowest BCUT2D eigenvalue weighted by Gasteiger charge is -2.39. The van der Waals surface area contributed by atoms with Crippen LogP contribution in [0.15, 0.2) is 24.3 Å². The maximum Gasteiger partial charge on any atom is 0.115 e. The fourth-order valence-electron chi connectivity index (χ4n) is 2.72. The quantitative estimate of drug-likeness (QED) is 0.865. The first-order chi connectivity index (χ1) is 9.56. The molecule has 2 N–H and O–H groups in total. The van der Waals surface area contributed by atoms with E-state index in [0.717, 1.165) is 51.3 Å². The number of hydrogen-bond donors (Lipinski definition) is 2. The van der Waals surface area contributed by atoms with Crippen molar-refractivity contribution < 1.29 is 10.2 Å². The van der Waals surface area contributed by atoms with Gasteiger partial charge in [-0.15, -0.1) is 0 Å². The van der Waals surface area contributed by atoms with Crippen molar-refractivity contribution in [1.82, 2.24) is 4.90 Å². The zero-order valence-electron chi connectivity index (χ0n) is 12.5. The van der Waals surface area contributed by atoms with Gasteiger partial charge in [-0.3, -0.25) is 4.90 Å². The minimum absolute atomic E-state index is 0.309. The number of rotatable bonds is 5. The SMILES string of the molecule is CCC(O)(CC)CN1CCN(c2ccc(O)cc2)CC1. The van der Waals surface area contributed by atoms with E-state index in [9.17, 15) is 10.2 Å². The fourth-order valence-corrected chi connectivity index (χ4v) is 2.72. The van der Waals surface area contributed by atoms with Crippen molar-refractivity contribution in [2.75, 3.05) is 37.6 Å². The molecule has 1 saturated heterocycles. The molecule has 4 heteroatoms. The number of hydrogen-bond acceptors (Lipinski definition) is 4. The summed E-state index contributed by atoms with van der Waals surface area (Å²) in [5.74, 6) is 0.309. The third-order valence-corrected chi connectivity index (χ3v) is 4.42. The van der Waals surface area contributed by atoms with Gasteiger partial charge in [0.05, 0.1) is 5.60 Å². The van der Waals surface area contributed by atoms with Crippen LogP contribution in [0.1, 0.15) is 26.7 Å². The number of phenolic OH excluding ortho intramolecular Hbond substituents is 1. The highest BCUT2D eigenvalue weighted by Gasteiger charge is 2.27. The van der Waals surface area contributed by atoms with Gasteiger partial charge in [-0.2, -0.15) is 0 Å². The molecule has 2 rings (SSSR count). The Morgan fingerprint density at radius 2 is 1.55 bits per heavy atom. The van der Waals surface area contributed by atoms with E-state index in [2.05, 4.69) is 23.6 Å². The zero-order chi connectivity index (χ0) is 14.6. The van der Waals surface area contributed by atoms with Gasteiger partial charge in [-0.05, 0) is 37.1 Å². The maximum absolute atomic E-state index is 10.4. The van der Waals surface area contributed by atoms with Crippen LogP contribution in [0.25, 0.3) is 0 Å². The second-order valence-corrected chi connectivity index (χ2v) is 5.71. The molecule has 1 aliphatic rings. The van der Waals surface area contributed by atoms with Gasteiger partial charge in [0.1, 0.15) is 5.75 Å². The lowest BCUT2D eigenvalue weighted by atomic mass is 9.96. The molecular formula is C16H26N2O2. The van der Waals surface area contributed by atoms with E-state index in [1.165, 1.54) is 0 Å². The molecule has 1 aliphatic heterocycles. The third-order valence-electron chi connectivity index (χ3n) is 4.42. The van der Waals surface area contributed by atoms with E-state index in [0.29, 0.717) is 5.75 Å². The molecule has 0 radical (unpaired) electrons. The number of piperazine rings is 1. The smallest absolute Gasteiger partial charge is 0.115 e. The Labute approximate surface area is 121 Å². The van der Waals surface area contributed by atoms with Gasteiger partial charge in [0, 0.05) is 38.4 Å². The van der Waals surface area contributed by atoms with Crippen LogP contribution in [0, 0.1) is 0 Å². The van der Waals surface area contributed by atoms with E-state index in [1.807, 2.05) is 12.1 Å². The van der Waals surface area contributed by atoms with Gasteiger partial charge in [0.2, 0.25) is 0 Å². The Kier molecular flexibility index (Phi) is 4.89. The second-order valence-electron chi connectivity index (χ2n) is 5.71. The summed E-state index contributed by atoms with van der Waals surface area (Å²) >= 11 is 0. The lowest BCUT2D eigenvalue weighted by Crippen LogP contribution is -2.51. The molecule has 4 nitrogen and oxygen atoms in total. The van der Waals surface area contributed by atoms with E-state index in [4.69, 9.17) is 0 Å². The second kappa shape index (κ2) is 6.46. The number of aliphatic hydroxyl groups is 1. The van der Waals surface area contributed by atoms with E-state index in [1.54, 1.807) is 12.1 Å². The number of nitrogens with zero attached hydrogens (tertiary/aromatic N) is 2. The molecule has 0 amide bonds. The van der Waals surface area contributed by atoms with Crippen molar-refractivity contribution >= 4 is 5.69 Å². The minimum atomic E-state index is -0.541. The molecule has 1 aromatic carbocycles. The predicted molar refractivity (Wildman–Crippen MR) is 82.3 cm³/mol. The third kappa shape index (κ3) is 3.64. The normalized spacial score (nSPS) is 17.4. The molecule has 0 aliphatic carbocycles. The Hall–Kier alpha value is -1.26. The summed E-state index contributed by atoms with van der Waals surface area (Å²) in [5.41, 5.74) is 0.615. The first-order valence-corrected chi connectivity index (χ1v) is 7.55. The van der Waals surface area contributed by atoms with Crippen molar-refractivity contribution in [3.8, 4) is 5.75 Å². The van der Waals surface area contributed by atoms with Crippen molar-refractivity contribution in [2.24, 2.45) is 0 Å². The minimum Gasteiger partial charge on any atom is -0.508 e. The maximum atomic E-state index is 10.4. The molecule has 0 saturated carbocycles. The summed E-state index contributed by atoms with van der Waals surface area (Å²) in [4.78, 5) is 4.68. The summed E-state index contributed by atoms with van der Waals surface area (Å²) in [7, 11) is 0. The van der Waals surface area contributed by atoms with Crippen LogP contribution >= 0.6 is 0 Å². The van der Waals surface area contributed by atoms with Crippen LogP contribution in [0.2, 0.25) is 0 Å². The number of benzene rings is 1. The van der Waals surface area contributed by atoms with E-state index in [-0.39, 0.29) is 0 Å². The van der Waals surface area contributed by atoms with Crippen LogP contribution in [0.3, 0.4) is 0 Å². The molecule has 1 fully saturated rings. The molecule has 0 spiro atoms. The van der Waals surface area contributed by atoms with Gasteiger partial charge in [0.15, 0.2) is 0 Å². The highest BCUT2D eigenvalue weighted by Crippen LogP contribution is 2.21. The highest BCUT2D eigenvalue weighted by atomic mass is 16.3. The lowest BCUT2D eigenvalue weighted by molar-refractivity contribution is -0.00455. The number of anilines is 1. The fraction of sp³-hybridized carbons (Fsp3) is 0.625. The van der Waals surface area contributed by atoms with Crippen molar-refractivity contribution in [3.63, 3.8) is 0 Å². The summed E-state index contributed by atoms with van der Waals surface area (Å²) < 4.78 is 0. The van der Waals surface area contributed by atoms with Gasteiger partial charge < -0.3 is 15.1 Å². The average molecular weight is 278 g/mol. The predicted octanol–water partition coefficient (Wildman–Crippen LogP) is 2.07. The first kappa shape index (κ1) is 15.1. The van der Waals surface area contributed by atoms with Crippen molar-refractivity contribution in [3.05, 3.63) is 24.3 Å². The molecule has 20 heavy (non-hydrogen) atoms. The molecule has 1 aromatic rings. The number of β-amino-alcohol motifs (C(OH)–C–C–N with tert-alkyl or cyclic N) is 1. The Morgan fingerprint density at radius 3 is 2.05 bits per heavy atom. The molecule has 0 unspecified atom stereocenters. The monoisotopic (exact) mass is 278 g/mol. The number of aromatic hydroxyl groups is 1. The van der Waals surface area contributed by atoms with Gasteiger partial charge >= 0.3 is 0 Å². The van der Waals surface area contributed by atoms with Crippen molar-refractivity contribution in [1.29, 1.82) is 0 Å². The molecular weight excluding hydrogens is 252 g/mol. The van der Waals surface area contributed by atoms with E-state index >= 15 is 0 Å². The molecule has 0 bridgehead atoms. The van der Waals surface area contributed by atoms with Crippen LogP contribution in [-0.2, 0) is 0 Å². The molecule has 0 aromatic heterocycles. The molecule has 0 atom stereocenters. The van der Waals surface area contributed by atoms with Gasteiger partial charge in [0.25, 0.3) is 0 Å². The molecule has 1 heterocycles.